The zero-order valence-corrected chi connectivity index (χ0v) is 43.8. The fourth-order valence-electron chi connectivity index (χ4n) is 7.35. The van der Waals surface area contributed by atoms with Crippen LogP contribution in [0.15, 0.2) is 134 Å². The minimum Gasteiger partial charge on any atom is -0.462 e. The van der Waals surface area contributed by atoms with Crippen LogP contribution in [-0.2, 0) is 19.1 Å². The summed E-state index contributed by atoms with van der Waals surface area (Å²) in [5.41, 5.74) is 0. The summed E-state index contributed by atoms with van der Waals surface area (Å²) < 4.78 is 10.6. The average molecular weight is 940 g/mol. The summed E-state index contributed by atoms with van der Waals surface area (Å²) in [5, 5.41) is 9.62. The molecule has 0 aromatic rings. The van der Waals surface area contributed by atoms with E-state index in [2.05, 4.69) is 148 Å². The second-order valence-corrected chi connectivity index (χ2v) is 17.9. The fourth-order valence-corrected chi connectivity index (χ4v) is 7.35. The van der Waals surface area contributed by atoms with E-state index in [4.69, 9.17) is 9.47 Å². The highest BCUT2D eigenvalue weighted by molar-refractivity contribution is 5.70. The van der Waals surface area contributed by atoms with Crippen LogP contribution < -0.4 is 0 Å². The Balaban J connectivity index is 3.52. The molecule has 0 heterocycles. The van der Waals surface area contributed by atoms with Gasteiger partial charge >= 0.3 is 11.9 Å². The SMILES string of the molecule is CC/C=C\C/C=C\C/C=C\C/C=C\C/C=C\C/C=C\C/C=C\CCCCCCCCCCCCCCCCCCCC(=O)OC(CO)COC(=O)CCCC/C=C\C/C=C\C/C=C\C/C=C\CC. The second-order valence-electron chi connectivity index (χ2n) is 17.9. The normalized spacial score (nSPS) is 13.3. The zero-order valence-electron chi connectivity index (χ0n) is 43.8. The van der Waals surface area contributed by atoms with Crippen molar-refractivity contribution in [3.8, 4) is 0 Å². The molecule has 0 aromatic heterocycles. The van der Waals surface area contributed by atoms with Crippen LogP contribution in [0.4, 0.5) is 0 Å². The minimum absolute atomic E-state index is 0.0925. The summed E-state index contributed by atoms with van der Waals surface area (Å²) in [4.78, 5) is 24.4. The minimum atomic E-state index is -0.796. The van der Waals surface area contributed by atoms with Crippen LogP contribution in [0.1, 0.15) is 232 Å². The molecule has 0 aromatic carbocycles. The molecule has 0 aliphatic carbocycles. The fraction of sp³-hybridized carbons (Fsp3) is 0.619. The maximum Gasteiger partial charge on any atom is 0.306 e. The molecule has 1 atom stereocenters. The number of esters is 2. The van der Waals surface area contributed by atoms with Crippen molar-refractivity contribution >= 4 is 11.9 Å². The number of carbonyl (C=O) groups is 2. The second kappa shape index (κ2) is 57.4. The Morgan fingerprint density at radius 1 is 0.338 bits per heavy atom. The Morgan fingerprint density at radius 3 is 0.912 bits per heavy atom. The van der Waals surface area contributed by atoms with Crippen molar-refractivity contribution in [1.29, 1.82) is 0 Å². The van der Waals surface area contributed by atoms with Gasteiger partial charge in [0.1, 0.15) is 6.61 Å². The van der Waals surface area contributed by atoms with Crippen molar-refractivity contribution in [3.63, 3.8) is 0 Å². The molecular formula is C63H102O5. The topological polar surface area (TPSA) is 72.8 Å². The van der Waals surface area contributed by atoms with E-state index in [1.807, 2.05) is 0 Å². The van der Waals surface area contributed by atoms with E-state index in [-0.39, 0.29) is 25.2 Å². The largest absolute Gasteiger partial charge is 0.462 e. The number of hydrogen-bond donors (Lipinski definition) is 1. The zero-order chi connectivity index (χ0) is 49.2. The lowest BCUT2D eigenvalue weighted by molar-refractivity contribution is -0.161. The maximum absolute atomic E-state index is 12.3. The molecule has 0 amide bonds. The van der Waals surface area contributed by atoms with Crippen molar-refractivity contribution in [3.05, 3.63) is 134 Å². The molecule has 0 bridgehead atoms. The quantitative estimate of drug-likeness (QED) is 0.0374. The van der Waals surface area contributed by atoms with Gasteiger partial charge in [0.15, 0.2) is 6.10 Å². The molecule has 0 saturated carbocycles. The van der Waals surface area contributed by atoms with E-state index < -0.39 is 6.10 Å². The third kappa shape index (κ3) is 54.6. The molecule has 0 rings (SSSR count). The lowest BCUT2D eigenvalue weighted by Gasteiger charge is -2.15. The highest BCUT2D eigenvalue weighted by Crippen LogP contribution is 2.15. The molecule has 1 unspecified atom stereocenters. The molecule has 0 spiro atoms. The molecule has 5 nitrogen and oxygen atoms in total. The molecule has 0 saturated heterocycles. The van der Waals surface area contributed by atoms with Gasteiger partial charge in [-0.2, -0.15) is 0 Å². The third-order valence-corrected chi connectivity index (χ3v) is 11.4. The Kier molecular flexibility index (Phi) is 54.0. The van der Waals surface area contributed by atoms with Crippen molar-refractivity contribution in [2.45, 2.75) is 238 Å². The number of aliphatic hydroxyl groups excluding tert-OH is 1. The van der Waals surface area contributed by atoms with Crippen molar-refractivity contribution < 1.29 is 24.2 Å². The van der Waals surface area contributed by atoms with Gasteiger partial charge in [0.05, 0.1) is 6.61 Å². The van der Waals surface area contributed by atoms with E-state index in [0.717, 1.165) is 109 Å². The molecule has 0 radical (unpaired) electrons. The smallest absolute Gasteiger partial charge is 0.306 e. The van der Waals surface area contributed by atoms with E-state index in [0.29, 0.717) is 12.8 Å². The molecule has 0 aliphatic heterocycles. The molecule has 68 heavy (non-hydrogen) atoms. The molecule has 384 valence electrons. The standard InChI is InChI=1S/C63H102O5/c1-3-5-7-9-11-13-15-17-19-20-21-22-23-24-25-26-27-28-29-30-31-32-33-34-35-36-37-38-39-40-41-42-44-46-48-50-52-54-56-58-63(66)68-61(59-64)60-67-62(65)57-55-53-51-49-47-45-43-18-16-14-12-10-8-6-4-2/h5-8,11-14,17-19,21-22,24-25,27-28,30-31,43,47,49,61,64H,3-4,9-10,15-16,20,23,26,29,32-42,44-46,48,50-60H2,1-2H3/b7-5-,8-6-,13-11-,14-12-,19-17-,22-21-,25-24-,28-27-,31-30-,43-18-,49-47-. The van der Waals surface area contributed by atoms with Gasteiger partial charge in [-0.15, -0.1) is 0 Å². The molecular weight excluding hydrogens is 837 g/mol. The maximum atomic E-state index is 12.3. The van der Waals surface area contributed by atoms with Gasteiger partial charge in [0.2, 0.25) is 0 Å². The van der Waals surface area contributed by atoms with Crippen molar-refractivity contribution in [1.82, 2.24) is 0 Å². The van der Waals surface area contributed by atoms with Crippen molar-refractivity contribution in [2.24, 2.45) is 0 Å². The summed E-state index contributed by atoms with van der Waals surface area (Å²) in [6.07, 6.45) is 85.8. The summed E-state index contributed by atoms with van der Waals surface area (Å²) in [7, 11) is 0. The predicted octanol–water partition coefficient (Wildman–Crippen LogP) is 18.9. The Bertz CT molecular complexity index is 1430. The number of carbonyl (C=O) groups excluding carboxylic acids is 2. The number of unbranched alkanes of at least 4 members (excludes halogenated alkanes) is 19. The number of hydrogen-bond acceptors (Lipinski definition) is 5. The number of ether oxygens (including phenoxy) is 2. The molecule has 0 fully saturated rings. The van der Waals surface area contributed by atoms with Gasteiger partial charge in [-0.05, 0) is 109 Å². The first-order chi connectivity index (χ1) is 33.6. The van der Waals surface area contributed by atoms with Crippen LogP contribution in [0.3, 0.4) is 0 Å². The molecule has 0 aliphatic rings. The van der Waals surface area contributed by atoms with E-state index in [9.17, 15) is 14.7 Å². The van der Waals surface area contributed by atoms with Crippen LogP contribution in [-0.4, -0.2) is 36.4 Å². The van der Waals surface area contributed by atoms with Gasteiger partial charge in [-0.1, -0.05) is 244 Å². The van der Waals surface area contributed by atoms with Crippen LogP contribution in [0.2, 0.25) is 0 Å². The Morgan fingerprint density at radius 2 is 0.588 bits per heavy atom. The lowest BCUT2D eigenvalue weighted by Crippen LogP contribution is -2.28. The number of rotatable bonds is 49. The van der Waals surface area contributed by atoms with Gasteiger partial charge in [-0.3, -0.25) is 9.59 Å². The van der Waals surface area contributed by atoms with E-state index in [1.165, 1.54) is 96.3 Å². The average Bonchev–Trinajstić information content (AvgIpc) is 3.34. The summed E-state index contributed by atoms with van der Waals surface area (Å²) in [6, 6.07) is 0. The predicted molar refractivity (Wildman–Crippen MR) is 297 cm³/mol. The number of allylic oxidation sites excluding steroid dienone is 22. The first-order valence-electron chi connectivity index (χ1n) is 27.7. The van der Waals surface area contributed by atoms with Crippen molar-refractivity contribution in [2.75, 3.05) is 13.2 Å². The Hall–Kier alpha value is -3.96. The molecule has 5 heteroatoms. The van der Waals surface area contributed by atoms with Crippen LogP contribution in [0, 0.1) is 0 Å². The Labute approximate surface area is 419 Å². The van der Waals surface area contributed by atoms with Gasteiger partial charge in [-0.25, -0.2) is 0 Å². The first kappa shape index (κ1) is 64.0. The third-order valence-electron chi connectivity index (χ3n) is 11.4. The van der Waals surface area contributed by atoms with Gasteiger partial charge in [0, 0.05) is 12.8 Å². The highest BCUT2D eigenvalue weighted by Gasteiger charge is 2.16. The number of aliphatic hydroxyl groups is 1. The highest BCUT2D eigenvalue weighted by atomic mass is 16.6. The monoisotopic (exact) mass is 939 g/mol. The van der Waals surface area contributed by atoms with Gasteiger partial charge in [0.25, 0.3) is 0 Å². The molecule has 1 N–H and O–H groups in total. The summed E-state index contributed by atoms with van der Waals surface area (Å²) in [6.45, 7) is 3.87. The van der Waals surface area contributed by atoms with Gasteiger partial charge < -0.3 is 14.6 Å². The lowest BCUT2D eigenvalue weighted by atomic mass is 10.0. The van der Waals surface area contributed by atoms with Crippen LogP contribution >= 0.6 is 0 Å². The summed E-state index contributed by atoms with van der Waals surface area (Å²) >= 11 is 0. The summed E-state index contributed by atoms with van der Waals surface area (Å²) in [5.74, 6) is -0.643. The van der Waals surface area contributed by atoms with Crippen LogP contribution in [0.5, 0.6) is 0 Å². The van der Waals surface area contributed by atoms with E-state index >= 15 is 0 Å². The first-order valence-corrected chi connectivity index (χ1v) is 27.7. The van der Waals surface area contributed by atoms with E-state index in [1.54, 1.807) is 0 Å². The van der Waals surface area contributed by atoms with Crippen LogP contribution in [0.25, 0.3) is 0 Å².